The molecule has 0 N–H and O–H groups in total. The van der Waals surface area contributed by atoms with Crippen molar-refractivity contribution in [1.82, 2.24) is 0 Å². The van der Waals surface area contributed by atoms with Crippen LogP contribution in [-0.2, 0) is 0 Å². The van der Waals surface area contributed by atoms with Crippen molar-refractivity contribution in [2.75, 3.05) is 0 Å². The number of hydrogen-bond acceptors (Lipinski definition) is 0. The summed E-state index contributed by atoms with van der Waals surface area (Å²) in [7, 11) is 0. The minimum absolute atomic E-state index is 0.0821. The van der Waals surface area contributed by atoms with Gasteiger partial charge in [-0.15, -0.1) is 24.7 Å². The van der Waals surface area contributed by atoms with Gasteiger partial charge in [0.05, 0.1) is 0 Å². The normalized spacial score (nSPS) is 17.9. The van der Waals surface area contributed by atoms with Crippen LogP contribution in [0.2, 0.25) is 0 Å². The predicted octanol–water partition coefficient (Wildman–Crippen LogP) is 4.65. The van der Waals surface area contributed by atoms with E-state index in [1.807, 2.05) is 0 Å². The van der Waals surface area contributed by atoms with Crippen molar-refractivity contribution in [2.24, 2.45) is 10.8 Å². The predicted molar refractivity (Wildman–Crippen MR) is 72.9 cm³/mol. The lowest BCUT2D eigenvalue weighted by Crippen LogP contribution is -2.14. The van der Waals surface area contributed by atoms with E-state index < -0.39 is 0 Å². The number of terminal acetylenes is 2. The summed E-state index contributed by atoms with van der Waals surface area (Å²) in [6.45, 7) is 8.68. The topological polar surface area (TPSA) is 0 Å². The van der Waals surface area contributed by atoms with E-state index in [2.05, 4.69) is 39.5 Å². The molecule has 90 valence electrons. The second kappa shape index (κ2) is 6.65. The number of rotatable bonds is 7. The van der Waals surface area contributed by atoms with Gasteiger partial charge in [0.25, 0.3) is 0 Å². The molecule has 0 rings (SSSR count). The molecule has 0 aromatic carbocycles. The molecular formula is C16H26. The van der Waals surface area contributed by atoms with Crippen LogP contribution in [0.25, 0.3) is 0 Å². The third-order valence-corrected chi connectivity index (χ3v) is 3.96. The van der Waals surface area contributed by atoms with E-state index in [1.165, 1.54) is 12.8 Å². The van der Waals surface area contributed by atoms with Gasteiger partial charge in [-0.2, -0.15) is 0 Å². The van der Waals surface area contributed by atoms with Crippen LogP contribution in [0.15, 0.2) is 0 Å². The zero-order valence-electron chi connectivity index (χ0n) is 11.4. The third-order valence-electron chi connectivity index (χ3n) is 3.96. The number of hydrogen-bond donors (Lipinski definition) is 0. The molecule has 0 fully saturated rings. The molecule has 0 saturated heterocycles. The van der Waals surface area contributed by atoms with Gasteiger partial charge < -0.3 is 0 Å². The number of unbranched alkanes of at least 4 members (excludes halogenated alkanes) is 1. The summed E-state index contributed by atoms with van der Waals surface area (Å²) >= 11 is 0. The fraction of sp³-hybridized carbons (Fsp3) is 0.750. The fourth-order valence-corrected chi connectivity index (χ4v) is 1.73. The van der Waals surface area contributed by atoms with Crippen LogP contribution in [0.5, 0.6) is 0 Å². The second-order valence-corrected chi connectivity index (χ2v) is 5.32. The minimum Gasteiger partial charge on any atom is -0.120 e. The van der Waals surface area contributed by atoms with Gasteiger partial charge in [0.15, 0.2) is 0 Å². The summed E-state index contributed by atoms with van der Waals surface area (Å²) < 4.78 is 0. The molecule has 0 aliphatic heterocycles. The van der Waals surface area contributed by atoms with Crippen LogP contribution in [0, 0.1) is 35.5 Å². The van der Waals surface area contributed by atoms with Crippen molar-refractivity contribution in [2.45, 2.75) is 66.2 Å². The van der Waals surface area contributed by atoms with E-state index in [4.69, 9.17) is 12.8 Å². The van der Waals surface area contributed by atoms with Crippen molar-refractivity contribution >= 4 is 0 Å². The van der Waals surface area contributed by atoms with E-state index >= 15 is 0 Å². The average molecular weight is 218 g/mol. The molecule has 16 heavy (non-hydrogen) atoms. The van der Waals surface area contributed by atoms with Crippen molar-refractivity contribution < 1.29 is 0 Å². The minimum atomic E-state index is 0.0821. The highest BCUT2D eigenvalue weighted by molar-refractivity contribution is 5.03. The lowest BCUT2D eigenvalue weighted by Gasteiger charge is -2.24. The molecule has 0 heterocycles. The van der Waals surface area contributed by atoms with Crippen LogP contribution >= 0.6 is 0 Å². The molecule has 0 aliphatic carbocycles. The van der Waals surface area contributed by atoms with Crippen LogP contribution in [0.3, 0.4) is 0 Å². The van der Waals surface area contributed by atoms with E-state index in [1.54, 1.807) is 0 Å². The Balaban J connectivity index is 3.95. The van der Waals surface area contributed by atoms with Crippen molar-refractivity contribution in [3.8, 4) is 24.7 Å². The second-order valence-electron chi connectivity index (χ2n) is 5.32. The van der Waals surface area contributed by atoms with Gasteiger partial charge in [-0.3, -0.25) is 0 Å². The van der Waals surface area contributed by atoms with Crippen LogP contribution in [0.4, 0.5) is 0 Å². The van der Waals surface area contributed by atoms with E-state index in [0.29, 0.717) is 0 Å². The van der Waals surface area contributed by atoms with Gasteiger partial charge >= 0.3 is 0 Å². The molecule has 0 bridgehead atoms. The SMILES string of the molecule is C#CC(C)(CC)CCCCC(C)(C#C)CC. The standard InChI is InChI=1S/C16H26/c1-7-15(5,8-2)13-11-12-14-16(6,9-3)10-4/h1,3H,8,10-14H2,2,4-6H3. The Bertz CT molecular complexity index is 245. The first kappa shape index (κ1) is 15.1. The third kappa shape index (κ3) is 4.76. The van der Waals surface area contributed by atoms with Gasteiger partial charge in [-0.25, -0.2) is 0 Å². The van der Waals surface area contributed by atoms with Crippen LogP contribution < -0.4 is 0 Å². The molecule has 0 heteroatoms. The van der Waals surface area contributed by atoms with E-state index in [9.17, 15) is 0 Å². The van der Waals surface area contributed by atoms with E-state index in [0.717, 1.165) is 25.7 Å². The monoisotopic (exact) mass is 218 g/mol. The molecule has 0 spiro atoms. The highest BCUT2D eigenvalue weighted by atomic mass is 14.2. The largest absolute Gasteiger partial charge is 0.120 e. The zero-order valence-corrected chi connectivity index (χ0v) is 11.4. The van der Waals surface area contributed by atoms with Gasteiger partial charge in [0.2, 0.25) is 0 Å². The molecule has 2 atom stereocenters. The first-order chi connectivity index (χ1) is 7.45. The zero-order chi connectivity index (χ0) is 12.7. The Morgan fingerprint density at radius 2 is 1.12 bits per heavy atom. The highest BCUT2D eigenvalue weighted by Crippen LogP contribution is 2.31. The summed E-state index contributed by atoms with van der Waals surface area (Å²) in [5.41, 5.74) is 0.164. The first-order valence-corrected chi connectivity index (χ1v) is 6.41. The van der Waals surface area contributed by atoms with Crippen LogP contribution in [-0.4, -0.2) is 0 Å². The Kier molecular flexibility index (Phi) is 6.28. The van der Waals surface area contributed by atoms with Crippen molar-refractivity contribution in [3.63, 3.8) is 0 Å². The first-order valence-electron chi connectivity index (χ1n) is 6.41. The summed E-state index contributed by atoms with van der Waals surface area (Å²) in [5.74, 6) is 5.83. The quantitative estimate of drug-likeness (QED) is 0.431. The summed E-state index contributed by atoms with van der Waals surface area (Å²) in [6, 6.07) is 0. The Morgan fingerprint density at radius 3 is 1.31 bits per heavy atom. The molecule has 0 saturated carbocycles. The maximum absolute atomic E-state index is 5.56. The van der Waals surface area contributed by atoms with Gasteiger partial charge in [-0.1, -0.05) is 26.7 Å². The van der Waals surface area contributed by atoms with Gasteiger partial charge in [0, 0.05) is 10.8 Å². The Hall–Kier alpha value is -0.880. The lowest BCUT2D eigenvalue weighted by molar-refractivity contribution is 0.336. The Labute approximate surface area is 102 Å². The fourth-order valence-electron chi connectivity index (χ4n) is 1.73. The molecule has 0 aromatic rings. The molecule has 0 aromatic heterocycles. The Morgan fingerprint density at radius 1 is 0.812 bits per heavy atom. The summed E-state index contributed by atoms with van der Waals surface area (Å²) in [4.78, 5) is 0. The van der Waals surface area contributed by atoms with Crippen molar-refractivity contribution in [1.29, 1.82) is 0 Å². The summed E-state index contributed by atoms with van der Waals surface area (Å²) in [5, 5.41) is 0. The maximum Gasteiger partial charge on any atom is 0.0281 e. The van der Waals surface area contributed by atoms with Crippen LogP contribution in [0.1, 0.15) is 66.2 Å². The average Bonchev–Trinajstić information content (AvgIpc) is 2.34. The molecule has 0 amide bonds. The lowest BCUT2D eigenvalue weighted by atomic mass is 9.79. The molecule has 0 radical (unpaired) electrons. The van der Waals surface area contributed by atoms with Gasteiger partial charge in [-0.05, 0) is 39.5 Å². The maximum atomic E-state index is 5.56. The van der Waals surface area contributed by atoms with Crippen molar-refractivity contribution in [3.05, 3.63) is 0 Å². The molecule has 2 unspecified atom stereocenters. The smallest absolute Gasteiger partial charge is 0.0281 e. The molecular weight excluding hydrogens is 192 g/mol. The molecule has 0 aliphatic rings. The van der Waals surface area contributed by atoms with E-state index in [-0.39, 0.29) is 10.8 Å². The highest BCUT2D eigenvalue weighted by Gasteiger charge is 2.21. The molecule has 0 nitrogen and oxygen atoms in total. The van der Waals surface area contributed by atoms with Gasteiger partial charge in [0.1, 0.15) is 0 Å². The summed E-state index contributed by atoms with van der Waals surface area (Å²) in [6.07, 6.45) is 17.8.